The van der Waals surface area contributed by atoms with Gasteiger partial charge in [-0.15, -0.1) is 0 Å². The summed E-state index contributed by atoms with van der Waals surface area (Å²) in [6, 6.07) is 5.41. The third kappa shape index (κ3) is 4.53. The summed E-state index contributed by atoms with van der Waals surface area (Å²) < 4.78 is 14.3. The first-order valence-corrected chi connectivity index (χ1v) is 6.98. The molecule has 0 bridgehead atoms. The second-order valence-electron chi connectivity index (χ2n) is 3.47. The lowest BCUT2D eigenvalue weighted by Gasteiger charge is -2.12. The van der Waals surface area contributed by atoms with E-state index in [1.165, 1.54) is 6.07 Å². The van der Waals surface area contributed by atoms with E-state index in [9.17, 15) is 4.39 Å². The fourth-order valence-electron chi connectivity index (χ4n) is 1.27. The van der Waals surface area contributed by atoms with Gasteiger partial charge in [0, 0.05) is 28.4 Å². The quantitative estimate of drug-likeness (QED) is 0.892. The number of benzene rings is 1. The van der Waals surface area contributed by atoms with Gasteiger partial charge in [-0.25, -0.2) is 4.39 Å². The van der Waals surface area contributed by atoms with Crippen LogP contribution < -0.4 is 5.32 Å². The summed E-state index contributed by atoms with van der Waals surface area (Å²) in [4.78, 5) is 0. The van der Waals surface area contributed by atoms with E-state index in [4.69, 9.17) is 0 Å². The van der Waals surface area contributed by atoms with E-state index < -0.39 is 0 Å². The van der Waals surface area contributed by atoms with Crippen LogP contribution in [0, 0.1) is 5.82 Å². The van der Waals surface area contributed by atoms with Gasteiger partial charge in [0.2, 0.25) is 0 Å². The predicted octanol–water partition coefficient (Wildman–Crippen LogP) is 3.43. The molecule has 0 spiro atoms. The van der Waals surface area contributed by atoms with Crippen molar-refractivity contribution in [2.75, 3.05) is 12.0 Å². The minimum atomic E-state index is -0.151. The summed E-state index contributed by atoms with van der Waals surface area (Å²) in [6.45, 7) is 2.68. The van der Waals surface area contributed by atoms with Gasteiger partial charge in [0.05, 0.1) is 0 Å². The monoisotopic (exact) mass is 291 g/mol. The third-order valence-electron chi connectivity index (χ3n) is 2.07. The summed E-state index contributed by atoms with van der Waals surface area (Å²) in [5, 5.41) is 3.29. The minimum absolute atomic E-state index is 0.151. The van der Waals surface area contributed by atoms with Crippen LogP contribution in [0.3, 0.4) is 0 Å². The molecule has 0 saturated heterocycles. The van der Waals surface area contributed by atoms with Crippen LogP contribution >= 0.6 is 27.7 Å². The van der Waals surface area contributed by atoms with Crippen molar-refractivity contribution >= 4 is 27.7 Å². The number of hydrogen-bond donors (Lipinski definition) is 1. The average Bonchev–Trinajstić information content (AvgIpc) is 2.20. The molecule has 0 heterocycles. The molecule has 1 atom stereocenters. The molecule has 15 heavy (non-hydrogen) atoms. The first-order valence-electron chi connectivity index (χ1n) is 4.79. The number of hydrogen-bond acceptors (Lipinski definition) is 2. The Balaban J connectivity index is 2.53. The number of thioether (sulfide) groups is 1. The standard InChI is InChI=1S/C11H15BrFNS/c1-8(7-15-2)14-6-9-5-10(12)3-4-11(9)13/h3-5,8,14H,6-7H2,1-2H3. The molecular weight excluding hydrogens is 277 g/mol. The van der Waals surface area contributed by atoms with Crippen molar-refractivity contribution in [1.29, 1.82) is 0 Å². The van der Waals surface area contributed by atoms with E-state index in [0.29, 0.717) is 18.2 Å². The molecule has 0 amide bonds. The molecule has 1 unspecified atom stereocenters. The van der Waals surface area contributed by atoms with Crippen molar-refractivity contribution in [3.8, 4) is 0 Å². The van der Waals surface area contributed by atoms with Crippen LogP contribution in [0.25, 0.3) is 0 Å². The Labute approximate surface area is 103 Å². The Morgan fingerprint density at radius 1 is 1.53 bits per heavy atom. The van der Waals surface area contributed by atoms with Gasteiger partial charge < -0.3 is 5.32 Å². The fraction of sp³-hybridized carbons (Fsp3) is 0.455. The highest BCUT2D eigenvalue weighted by Gasteiger charge is 2.05. The highest BCUT2D eigenvalue weighted by Crippen LogP contribution is 2.15. The van der Waals surface area contributed by atoms with Crippen molar-refractivity contribution in [3.63, 3.8) is 0 Å². The normalized spacial score (nSPS) is 12.8. The summed E-state index contributed by atoms with van der Waals surface area (Å²) in [5.74, 6) is 0.886. The van der Waals surface area contributed by atoms with Crippen molar-refractivity contribution in [2.24, 2.45) is 0 Å². The zero-order valence-electron chi connectivity index (χ0n) is 8.89. The molecule has 1 aromatic rings. The number of rotatable bonds is 5. The number of nitrogens with one attached hydrogen (secondary N) is 1. The largest absolute Gasteiger partial charge is 0.309 e. The first kappa shape index (κ1) is 13.0. The average molecular weight is 292 g/mol. The zero-order valence-corrected chi connectivity index (χ0v) is 11.3. The van der Waals surface area contributed by atoms with Crippen LogP contribution in [0.1, 0.15) is 12.5 Å². The first-order chi connectivity index (χ1) is 7.13. The molecule has 0 saturated carbocycles. The maximum absolute atomic E-state index is 13.3. The minimum Gasteiger partial charge on any atom is -0.309 e. The van der Waals surface area contributed by atoms with E-state index in [0.717, 1.165) is 10.2 Å². The van der Waals surface area contributed by atoms with E-state index in [-0.39, 0.29) is 5.82 Å². The predicted molar refractivity (Wildman–Crippen MR) is 68.8 cm³/mol. The van der Waals surface area contributed by atoms with Crippen LogP contribution in [-0.4, -0.2) is 18.1 Å². The van der Waals surface area contributed by atoms with Gasteiger partial charge in [-0.2, -0.15) is 11.8 Å². The Morgan fingerprint density at radius 2 is 2.27 bits per heavy atom. The van der Waals surface area contributed by atoms with Gasteiger partial charge in [0.15, 0.2) is 0 Å². The van der Waals surface area contributed by atoms with Gasteiger partial charge in [0.25, 0.3) is 0 Å². The smallest absolute Gasteiger partial charge is 0.127 e. The molecule has 1 nitrogen and oxygen atoms in total. The third-order valence-corrected chi connectivity index (χ3v) is 3.39. The van der Waals surface area contributed by atoms with Crippen LogP contribution in [0.2, 0.25) is 0 Å². The van der Waals surface area contributed by atoms with Crippen molar-refractivity contribution in [3.05, 3.63) is 34.1 Å². The molecule has 0 fully saturated rings. The van der Waals surface area contributed by atoms with Crippen LogP contribution in [0.5, 0.6) is 0 Å². The molecule has 0 radical (unpaired) electrons. The van der Waals surface area contributed by atoms with Crippen molar-refractivity contribution in [1.82, 2.24) is 5.32 Å². The highest BCUT2D eigenvalue weighted by molar-refractivity contribution is 9.10. The molecule has 0 aliphatic carbocycles. The summed E-state index contributed by atoms with van der Waals surface area (Å²) in [5.41, 5.74) is 0.706. The van der Waals surface area contributed by atoms with E-state index >= 15 is 0 Å². The summed E-state index contributed by atoms with van der Waals surface area (Å²) in [6.07, 6.45) is 2.07. The Kier molecular flexibility index (Phi) is 5.64. The SMILES string of the molecule is CSCC(C)NCc1cc(Br)ccc1F. The number of halogens is 2. The maximum atomic E-state index is 13.3. The molecule has 1 rings (SSSR count). The Bertz CT molecular complexity index is 319. The lowest BCUT2D eigenvalue weighted by Crippen LogP contribution is -2.27. The Morgan fingerprint density at radius 3 is 2.93 bits per heavy atom. The van der Waals surface area contributed by atoms with Crippen molar-refractivity contribution < 1.29 is 4.39 Å². The lowest BCUT2D eigenvalue weighted by atomic mass is 10.2. The molecule has 1 N–H and O–H groups in total. The molecule has 0 aromatic heterocycles. The summed E-state index contributed by atoms with van der Waals surface area (Å²) >= 11 is 5.12. The van der Waals surface area contributed by atoms with Crippen LogP contribution in [0.4, 0.5) is 4.39 Å². The molecule has 0 aliphatic rings. The van der Waals surface area contributed by atoms with Gasteiger partial charge in [-0.3, -0.25) is 0 Å². The highest BCUT2D eigenvalue weighted by atomic mass is 79.9. The molecule has 0 aliphatic heterocycles. The molecule has 84 valence electrons. The van der Waals surface area contributed by atoms with Gasteiger partial charge >= 0.3 is 0 Å². The second kappa shape index (κ2) is 6.51. The second-order valence-corrected chi connectivity index (χ2v) is 5.30. The maximum Gasteiger partial charge on any atom is 0.127 e. The summed E-state index contributed by atoms with van der Waals surface area (Å²) in [7, 11) is 0. The van der Waals surface area contributed by atoms with Crippen LogP contribution in [-0.2, 0) is 6.54 Å². The Hall–Kier alpha value is -0.0600. The lowest BCUT2D eigenvalue weighted by molar-refractivity contribution is 0.557. The van der Waals surface area contributed by atoms with E-state index in [1.807, 2.05) is 6.07 Å². The molecule has 1 aromatic carbocycles. The molecular formula is C11H15BrFNS. The van der Waals surface area contributed by atoms with Gasteiger partial charge in [0.1, 0.15) is 5.82 Å². The van der Waals surface area contributed by atoms with E-state index in [1.54, 1.807) is 17.8 Å². The topological polar surface area (TPSA) is 12.0 Å². The fourth-order valence-corrected chi connectivity index (χ4v) is 2.30. The molecule has 4 heteroatoms. The van der Waals surface area contributed by atoms with Gasteiger partial charge in [-0.05, 0) is 31.4 Å². The van der Waals surface area contributed by atoms with Crippen molar-refractivity contribution in [2.45, 2.75) is 19.5 Å². The van der Waals surface area contributed by atoms with Gasteiger partial charge in [-0.1, -0.05) is 15.9 Å². The van der Waals surface area contributed by atoms with E-state index in [2.05, 4.69) is 34.4 Å². The van der Waals surface area contributed by atoms with Crippen LogP contribution in [0.15, 0.2) is 22.7 Å². The zero-order chi connectivity index (χ0) is 11.3.